The average molecular weight is 1410 g/mol. The number of carbonyl (C=O) groups excluding carboxylic acids is 9. The number of aldehydes is 1. The number of aliphatic carboxylic acids is 2. The smallest absolute Gasteiger partial charge is 0.408 e. The molecule has 4 rings (SSSR count). The van der Waals surface area contributed by atoms with Gasteiger partial charge in [0.15, 0.2) is 5.78 Å². The van der Waals surface area contributed by atoms with Crippen molar-refractivity contribution in [3.63, 3.8) is 0 Å². The van der Waals surface area contributed by atoms with E-state index in [9.17, 15) is 47.9 Å². The highest BCUT2D eigenvalue weighted by atomic mass is 35.5. The van der Waals surface area contributed by atoms with Gasteiger partial charge in [0.2, 0.25) is 0 Å². The number of fused-ring (bicyclic) bond motifs is 1. The molecule has 0 atom stereocenters. The molecule has 4 heterocycles. The maximum atomic E-state index is 12.0. The van der Waals surface area contributed by atoms with Crippen molar-refractivity contribution in [2.45, 2.75) is 245 Å². The number of hydrogen-bond donors (Lipinski definition) is 12. The molecule has 0 fully saturated rings. The van der Waals surface area contributed by atoms with Crippen molar-refractivity contribution in [2.75, 3.05) is 25.5 Å². The largest absolute Gasteiger partial charge is 0.481 e. The van der Waals surface area contributed by atoms with Crippen LogP contribution >= 0.6 is 11.6 Å². The number of nitrogens with one attached hydrogen (secondary N) is 7. The second-order valence-electron chi connectivity index (χ2n) is 26.6. The van der Waals surface area contributed by atoms with Gasteiger partial charge in [-0.15, -0.1) is 11.6 Å². The van der Waals surface area contributed by atoms with Crippen LogP contribution in [0.25, 0.3) is 0 Å². The molecule has 558 valence electrons. The molecule has 0 bridgehead atoms. The molecule has 0 aromatic carbocycles. The number of aromatic amines is 3. The standard InChI is InChI=1S/C15H24N2O4.C13H23NO5.C8H19N.C7H13NO4.C6H8N2O2.C6H6N2O.C6H12O2.C2H3ClO.C2H4O2.H3N/c1-14(2,3)20-12(18)10-7-8-16-11(10)9-17-13(19)21-15(4,5)6;1-12(2,3)18-10(16)7-9(15)8-14-11(17)19-13(4,5)6;1-6-9(7(2)3)8(4)5;1-7(2,3)12-6(11)8-4-5(9)10;7-3-5-4(6(9)10)1-2-8-5;9-6-4-1-2-7-5(4)3-8-6;1-5(7)8-6(2,3)4;3-1-2-4;1-2(3)4;/h7-8,16H,9H2,1-6H3,(H,17,19);7-8H2,1-6H3,(H,14,17);7-8H,6H2,1-5H3;4H2,1-3H3,(H,8,11)(H,9,10);1-2,8H,3,7H2,(H,9,10);1-2,7H,3H2,(H,8,9);1-4H3;2H,1H2;1H3,(H,3,4);1H3. The lowest BCUT2D eigenvalue weighted by atomic mass is 10.2. The highest BCUT2D eigenvalue weighted by Crippen LogP contribution is 2.17. The highest BCUT2D eigenvalue weighted by molar-refractivity contribution is 6.24. The van der Waals surface area contributed by atoms with Crippen molar-refractivity contribution >= 4 is 83.7 Å². The van der Waals surface area contributed by atoms with Gasteiger partial charge in [-0.05, 0) is 177 Å². The summed E-state index contributed by atoms with van der Waals surface area (Å²) in [6, 6.07) is 6.28. The molecule has 0 saturated heterocycles. The minimum absolute atomic E-state index is 0. The van der Waals surface area contributed by atoms with Gasteiger partial charge < -0.3 is 96.6 Å². The van der Waals surface area contributed by atoms with E-state index in [1.165, 1.54) is 13.0 Å². The van der Waals surface area contributed by atoms with E-state index >= 15 is 0 Å². The summed E-state index contributed by atoms with van der Waals surface area (Å²) in [5.74, 6) is -4.42. The van der Waals surface area contributed by atoms with Gasteiger partial charge in [0.1, 0.15) is 52.9 Å². The number of alkyl carbamates (subject to hydrolysis) is 3. The lowest BCUT2D eigenvalue weighted by Gasteiger charge is -2.28. The fourth-order valence-corrected chi connectivity index (χ4v) is 6.65. The summed E-state index contributed by atoms with van der Waals surface area (Å²) < 4.78 is 30.0. The summed E-state index contributed by atoms with van der Waals surface area (Å²) in [7, 11) is 0. The zero-order valence-corrected chi connectivity index (χ0v) is 62.4. The molecule has 0 aliphatic carbocycles. The minimum Gasteiger partial charge on any atom is -0.481 e. The van der Waals surface area contributed by atoms with E-state index in [0.717, 1.165) is 24.7 Å². The summed E-state index contributed by atoms with van der Waals surface area (Å²) in [5, 5.41) is 33.8. The van der Waals surface area contributed by atoms with E-state index in [-0.39, 0.29) is 61.1 Å². The number of nitrogens with zero attached hydrogens (tertiary/aromatic N) is 1. The molecule has 1 aliphatic rings. The Balaban J connectivity index is -0.000000250. The molecule has 4 amide bonds. The van der Waals surface area contributed by atoms with Crippen LogP contribution < -0.4 is 33.2 Å². The zero-order valence-electron chi connectivity index (χ0n) is 61.7. The van der Waals surface area contributed by atoms with Crippen LogP contribution in [-0.2, 0) is 76.8 Å². The quantitative estimate of drug-likeness (QED) is 0.0221. The maximum absolute atomic E-state index is 12.0. The van der Waals surface area contributed by atoms with Gasteiger partial charge in [0, 0.05) is 68.1 Å². The Labute approximate surface area is 576 Å². The van der Waals surface area contributed by atoms with Gasteiger partial charge >= 0.3 is 48.1 Å². The normalized spacial score (nSPS) is 11.1. The number of halogens is 1. The van der Waals surface area contributed by atoms with Crippen LogP contribution in [0.5, 0.6) is 0 Å². The number of carboxylic acid groups (broad SMARTS) is 3. The second-order valence-corrected chi connectivity index (χ2v) is 26.9. The Hall–Kier alpha value is -8.55. The molecule has 97 heavy (non-hydrogen) atoms. The van der Waals surface area contributed by atoms with E-state index in [4.69, 9.17) is 70.7 Å². The van der Waals surface area contributed by atoms with Crippen LogP contribution in [0.15, 0.2) is 36.8 Å². The fraction of sp³-hybridized carbons (Fsp3) is 0.631. The van der Waals surface area contributed by atoms with Gasteiger partial charge in [-0.3, -0.25) is 33.7 Å². The number of amides is 4. The molecule has 32 heteroatoms. The average Bonchev–Trinajstić information content (AvgIpc) is 1.72. The Morgan fingerprint density at radius 2 is 0.979 bits per heavy atom. The zero-order chi connectivity index (χ0) is 76.3. The molecule has 15 N–H and O–H groups in total. The highest BCUT2D eigenvalue weighted by Gasteiger charge is 2.24. The van der Waals surface area contributed by atoms with Crippen LogP contribution in [0.3, 0.4) is 0 Å². The number of carbonyl (C=O) groups is 12. The molecule has 1 aliphatic heterocycles. The molecule has 0 radical (unpaired) electrons. The van der Waals surface area contributed by atoms with Gasteiger partial charge in [0.05, 0.1) is 42.2 Å². The maximum Gasteiger partial charge on any atom is 0.408 e. The number of H-pyrrole nitrogens is 3. The van der Waals surface area contributed by atoms with E-state index in [2.05, 4.69) is 75.7 Å². The second kappa shape index (κ2) is 49.0. The van der Waals surface area contributed by atoms with Crippen LogP contribution in [0, 0.1) is 0 Å². The number of hydrogen-bond acceptors (Lipinski definition) is 21. The number of aromatic nitrogens is 3. The third-order valence-corrected chi connectivity index (χ3v) is 9.73. The first-order valence-electron chi connectivity index (χ1n) is 30.4. The molecule has 0 saturated carbocycles. The van der Waals surface area contributed by atoms with Gasteiger partial charge in [-0.2, -0.15) is 0 Å². The number of nitrogens with two attached hydrogens (primary N) is 1. The number of alkyl halides is 1. The molecule has 0 unspecified atom stereocenters. The first-order valence-corrected chi connectivity index (χ1v) is 30.9. The number of esters is 3. The Morgan fingerprint density at radius 1 is 0.598 bits per heavy atom. The van der Waals surface area contributed by atoms with Crippen molar-refractivity contribution in [3.05, 3.63) is 70.6 Å². The van der Waals surface area contributed by atoms with E-state index in [0.29, 0.717) is 41.9 Å². The third-order valence-electron chi connectivity index (χ3n) is 9.61. The third kappa shape index (κ3) is 63.3. The van der Waals surface area contributed by atoms with Crippen LogP contribution in [0.2, 0.25) is 0 Å². The van der Waals surface area contributed by atoms with E-state index in [1.807, 2.05) is 20.8 Å². The minimum atomic E-state index is -1.10. The Kier molecular flexibility index (Phi) is 50.3. The number of aromatic carboxylic acids is 1. The van der Waals surface area contributed by atoms with Crippen molar-refractivity contribution in [3.8, 4) is 0 Å². The summed E-state index contributed by atoms with van der Waals surface area (Å²) in [6.07, 6.45) is 3.30. The van der Waals surface area contributed by atoms with Crippen LogP contribution in [0.1, 0.15) is 228 Å². The molecule has 0 spiro atoms. The van der Waals surface area contributed by atoms with Crippen LogP contribution in [0.4, 0.5) is 14.4 Å². The first kappa shape index (κ1) is 99.5. The molecular formula is C65H115ClN10O21. The number of rotatable bonds is 15. The number of ketones is 1. The van der Waals surface area contributed by atoms with E-state index < -0.39 is 88.5 Å². The number of ether oxygens (including phenoxy) is 6. The first-order chi connectivity index (χ1) is 43.5. The predicted octanol–water partition coefficient (Wildman–Crippen LogP) is 9.98. The molecular weight excluding hydrogens is 1290 g/mol. The number of carboxylic acids is 3. The SMILES string of the molecule is CC(=O)O.CC(=O)OC(C)(C)C.CC(C)(C)OC(=O)CC(=O)CNC(=O)OC(C)(C)C.CC(C)(C)OC(=O)NCC(=O)O.CC(C)(C)OC(=O)NCc1[nH]ccc1C(=O)OC(C)(C)C.CCN(C(C)C)C(C)C.N.NCc1[nH]ccc1C(=O)O.O=C1NCc2[nH]ccc21.O=CCCl. The lowest BCUT2D eigenvalue weighted by Crippen LogP contribution is -2.36. The molecule has 3 aromatic heterocycles. The molecule has 3 aromatic rings. The monoisotopic (exact) mass is 1410 g/mol. The topological polar surface area (TPSA) is 481 Å². The molecule has 31 nitrogen and oxygen atoms in total. The van der Waals surface area contributed by atoms with Crippen LogP contribution in [-0.4, -0.2) is 178 Å². The van der Waals surface area contributed by atoms with Gasteiger partial charge in [0.25, 0.3) is 11.9 Å². The van der Waals surface area contributed by atoms with Crippen molar-refractivity contribution in [1.82, 2.24) is 47.3 Å². The predicted molar refractivity (Wildman–Crippen MR) is 368 cm³/mol. The fourth-order valence-electron chi connectivity index (χ4n) is 6.65. The summed E-state index contributed by atoms with van der Waals surface area (Å²) in [5.41, 5.74) is 5.52. The van der Waals surface area contributed by atoms with E-state index in [1.54, 1.807) is 135 Å². The summed E-state index contributed by atoms with van der Waals surface area (Å²) >= 11 is 4.82. The van der Waals surface area contributed by atoms with Crippen molar-refractivity contribution < 1.29 is 101 Å². The summed E-state index contributed by atoms with van der Waals surface area (Å²) in [6.45, 7) is 46.9. The Bertz CT molecular complexity index is 2830. The van der Waals surface area contributed by atoms with Gasteiger partial charge in [-0.25, -0.2) is 24.0 Å². The van der Waals surface area contributed by atoms with Gasteiger partial charge in [-0.1, -0.05) is 6.92 Å². The summed E-state index contributed by atoms with van der Waals surface area (Å²) in [4.78, 5) is 139. The van der Waals surface area contributed by atoms with Crippen molar-refractivity contribution in [1.29, 1.82) is 0 Å². The van der Waals surface area contributed by atoms with Crippen molar-refractivity contribution in [2.24, 2.45) is 5.73 Å². The number of Topliss-reactive ketones (excluding diaryl/α,β-unsaturated/α-hetero) is 1. The lowest BCUT2D eigenvalue weighted by molar-refractivity contribution is -0.156. The Morgan fingerprint density at radius 3 is 1.29 bits per heavy atom.